The minimum atomic E-state index is -0.172. The van der Waals surface area contributed by atoms with Crippen LogP contribution in [0.25, 0.3) is 0 Å². The van der Waals surface area contributed by atoms with Crippen molar-refractivity contribution in [3.8, 4) is 0 Å². The summed E-state index contributed by atoms with van der Waals surface area (Å²) in [4.78, 5) is 25.3. The molecule has 0 aromatic carbocycles. The van der Waals surface area contributed by atoms with Crippen LogP contribution >= 0.6 is 0 Å². The van der Waals surface area contributed by atoms with Gasteiger partial charge in [0.25, 0.3) is 0 Å². The molecule has 2 nitrogen and oxygen atoms in total. The van der Waals surface area contributed by atoms with Crippen molar-refractivity contribution in [1.82, 2.24) is 0 Å². The van der Waals surface area contributed by atoms with Gasteiger partial charge in [-0.25, -0.2) is 0 Å². The van der Waals surface area contributed by atoms with E-state index in [-0.39, 0.29) is 11.3 Å². The Bertz CT molecular complexity index is 496. The third-order valence-electron chi connectivity index (χ3n) is 8.10. The predicted molar refractivity (Wildman–Crippen MR) is 81.7 cm³/mol. The Morgan fingerprint density at radius 2 is 1.76 bits per heavy atom. The number of carbonyl (C=O) groups is 2. The molecule has 0 radical (unpaired) electrons. The monoisotopic (exact) mass is 288 g/mol. The van der Waals surface area contributed by atoms with Gasteiger partial charge in [-0.3, -0.25) is 9.59 Å². The summed E-state index contributed by atoms with van der Waals surface area (Å²) in [6.45, 7) is 4.63. The van der Waals surface area contributed by atoms with E-state index in [9.17, 15) is 9.59 Å². The lowest BCUT2D eigenvalue weighted by Crippen LogP contribution is -2.56. The lowest BCUT2D eigenvalue weighted by molar-refractivity contribution is -0.156. The van der Waals surface area contributed by atoms with Crippen molar-refractivity contribution in [3.05, 3.63) is 0 Å². The first kappa shape index (κ1) is 14.0. The zero-order valence-electron chi connectivity index (χ0n) is 13.5. The summed E-state index contributed by atoms with van der Waals surface area (Å²) in [5.74, 6) is 2.70. The zero-order chi connectivity index (χ0) is 14.8. The SMILES string of the molecule is C[C@]12CCCC[C@H]1CC(=O)[C@H]1[C@H]2CC[C@]2(C)C(=O)CC[C@H]12. The van der Waals surface area contributed by atoms with Crippen LogP contribution in [0, 0.1) is 34.5 Å². The Labute approximate surface area is 128 Å². The van der Waals surface area contributed by atoms with E-state index in [1.165, 1.54) is 25.7 Å². The molecule has 0 aromatic rings. The summed E-state index contributed by atoms with van der Waals surface area (Å²) in [5, 5.41) is 0. The van der Waals surface area contributed by atoms with Crippen LogP contribution in [-0.4, -0.2) is 11.6 Å². The molecule has 4 rings (SSSR count). The average Bonchev–Trinajstić information content (AvgIpc) is 2.76. The average molecular weight is 288 g/mol. The first-order valence-corrected chi connectivity index (χ1v) is 9.03. The minimum Gasteiger partial charge on any atom is -0.299 e. The highest BCUT2D eigenvalue weighted by molar-refractivity contribution is 5.90. The Morgan fingerprint density at radius 3 is 2.57 bits per heavy atom. The summed E-state index contributed by atoms with van der Waals surface area (Å²) in [7, 11) is 0. The van der Waals surface area contributed by atoms with Gasteiger partial charge in [-0.05, 0) is 55.3 Å². The molecule has 6 atom stereocenters. The van der Waals surface area contributed by atoms with Gasteiger partial charge in [0.1, 0.15) is 11.6 Å². The third-order valence-corrected chi connectivity index (χ3v) is 8.10. The van der Waals surface area contributed by atoms with Crippen molar-refractivity contribution in [3.63, 3.8) is 0 Å². The minimum absolute atomic E-state index is 0.172. The molecule has 0 spiro atoms. The lowest BCUT2D eigenvalue weighted by atomic mass is 9.45. The van der Waals surface area contributed by atoms with Crippen LogP contribution in [0.3, 0.4) is 0 Å². The second-order valence-electron chi connectivity index (χ2n) is 8.78. The van der Waals surface area contributed by atoms with Crippen molar-refractivity contribution >= 4 is 11.6 Å². The molecule has 21 heavy (non-hydrogen) atoms. The maximum absolute atomic E-state index is 12.9. The van der Waals surface area contributed by atoms with Gasteiger partial charge in [0, 0.05) is 24.2 Å². The number of hydrogen-bond donors (Lipinski definition) is 0. The Balaban J connectivity index is 1.72. The van der Waals surface area contributed by atoms with Gasteiger partial charge in [-0.2, -0.15) is 0 Å². The molecular formula is C19H28O2. The van der Waals surface area contributed by atoms with Gasteiger partial charge in [0.15, 0.2) is 0 Å². The molecule has 0 unspecified atom stereocenters. The maximum atomic E-state index is 12.9. The van der Waals surface area contributed by atoms with Gasteiger partial charge in [0.05, 0.1) is 0 Å². The van der Waals surface area contributed by atoms with E-state index in [1.54, 1.807) is 0 Å². The molecule has 116 valence electrons. The standard InChI is InChI=1S/C19H28O2/c1-18-9-4-3-5-12(18)11-15(20)17-13-6-7-16(21)19(13,2)10-8-14(17)18/h12-14,17H,3-11H2,1-2H3/t12-,13+,14+,17+,18-,19-/m0/s1. The van der Waals surface area contributed by atoms with Gasteiger partial charge in [-0.1, -0.05) is 26.7 Å². The Kier molecular flexibility index (Phi) is 2.94. The van der Waals surface area contributed by atoms with Crippen LogP contribution in [0.2, 0.25) is 0 Å². The number of Topliss-reactive ketones (excluding diaryl/α,β-unsaturated/α-hetero) is 2. The Morgan fingerprint density at radius 1 is 0.952 bits per heavy atom. The van der Waals surface area contributed by atoms with Crippen molar-refractivity contribution in [1.29, 1.82) is 0 Å². The summed E-state index contributed by atoms with van der Waals surface area (Å²) in [5.41, 5.74) is 0.207. The molecule has 0 aliphatic heterocycles. The van der Waals surface area contributed by atoms with Gasteiger partial charge in [0.2, 0.25) is 0 Å². The molecule has 4 fully saturated rings. The molecular weight excluding hydrogens is 260 g/mol. The van der Waals surface area contributed by atoms with E-state index in [0.29, 0.717) is 34.7 Å². The molecule has 0 aromatic heterocycles. The molecule has 0 amide bonds. The summed E-state index contributed by atoms with van der Waals surface area (Å²) in [6.07, 6.45) is 9.86. The van der Waals surface area contributed by atoms with E-state index < -0.39 is 0 Å². The second kappa shape index (κ2) is 4.43. The largest absolute Gasteiger partial charge is 0.299 e. The molecule has 4 aliphatic carbocycles. The molecule has 0 saturated heterocycles. The van der Waals surface area contributed by atoms with E-state index >= 15 is 0 Å². The fourth-order valence-electron chi connectivity index (χ4n) is 6.74. The second-order valence-corrected chi connectivity index (χ2v) is 8.78. The number of fused-ring (bicyclic) bond motifs is 5. The van der Waals surface area contributed by atoms with Gasteiger partial charge < -0.3 is 0 Å². The number of carbonyl (C=O) groups excluding carboxylic acids is 2. The van der Waals surface area contributed by atoms with E-state index in [4.69, 9.17) is 0 Å². The summed E-state index contributed by atoms with van der Waals surface area (Å²) in [6, 6.07) is 0. The molecule has 2 heteroatoms. The van der Waals surface area contributed by atoms with Crippen LogP contribution in [0.4, 0.5) is 0 Å². The molecule has 4 saturated carbocycles. The molecule has 0 bridgehead atoms. The quantitative estimate of drug-likeness (QED) is 0.670. The molecule has 4 aliphatic rings. The van der Waals surface area contributed by atoms with Gasteiger partial charge >= 0.3 is 0 Å². The van der Waals surface area contributed by atoms with Crippen LogP contribution in [-0.2, 0) is 9.59 Å². The molecule has 0 heterocycles. The van der Waals surface area contributed by atoms with Crippen LogP contribution in [0.15, 0.2) is 0 Å². The van der Waals surface area contributed by atoms with E-state index in [1.807, 2.05) is 0 Å². The highest BCUT2D eigenvalue weighted by atomic mass is 16.1. The lowest BCUT2D eigenvalue weighted by Gasteiger charge is -2.58. The fraction of sp³-hybridized carbons (Fsp3) is 0.895. The van der Waals surface area contributed by atoms with Crippen molar-refractivity contribution < 1.29 is 9.59 Å². The van der Waals surface area contributed by atoms with Crippen molar-refractivity contribution in [2.24, 2.45) is 34.5 Å². The first-order chi connectivity index (χ1) is 9.97. The Hall–Kier alpha value is -0.660. The van der Waals surface area contributed by atoms with Crippen LogP contribution in [0.5, 0.6) is 0 Å². The van der Waals surface area contributed by atoms with Gasteiger partial charge in [-0.15, -0.1) is 0 Å². The van der Waals surface area contributed by atoms with E-state index in [2.05, 4.69) is 13.8 Å². The molecule has 0 N–H and O–H groups in total. The maximum Gasteiger partial charge on any atom is 0.139 e. The number of hydrogen-bond acceptors (Lipinski definition) is 2. The zero-order valence-corrected chi connectivity index (χ0v) is 13.5. The third kappa shape index (κ3) is 1.71. The normalized spacial score (nSPS) is 53.0. The topological polar surface area (TPSA) is 34.1 Å². The predicted octanol–water partition coefficient (Wildman–Crippen LogP) is 4.17. The highest BCUT2D eigenvalue weighted by Gasteiger charge is 2.62. The van der Waals surface area contributed by atoms with Crippen LogP contribution < -0.4 is 0 Å². The van der Waals surface area contributed by atoms with E-state index in [0.717, 1.165) is 32.1 Å². The van der Waals surface area contributed by atoms with Crippen molar-refractivity contribution in [2.75, 3.05) is 0 Å². The first-order valence-electron chi connectivity index (χ1n) is 9.03. The van der Waals surface area contributed by atoms with Crippen LogP contribution in [0.1, 0.15) is 71.6 Å². The number of ketones is 2. The summed E-state index contributed by atoms with van der Waals surface area (Å²) < 4.78 is 0. The fourth-order valence-corrected chi connectivity index (χ4v) is 6.74. The smallest absolute Gasteiger partial charge is 0.139 e. The highest BCUT2D eigenvalue weighted by Crippen LogP contribution is 2.64. The van der Waals surface area contributed by atoms with Crippen molar-refractivity contribution in [2.45, 2.75) is 71.6 Å². The summed E-state index contributed by atoms with van der Waals surface area (Å²) >= 11 is 0. The number of rotatable bonds is 0.